The highest BCUT2D eigenvalue weighted by Crippen LogP contribution is 2.18. The maximum Gasteiger partial charge on any atom is 0.354 e. The molecule has 2 aromatic rings. The van der Waals surface area contributed by atoms with Crippen LogP contribution < -0.4 is 4.74 Å². The summed E-state index contributed by atoms with van der Waals surface area (Å²) in [6.45, 7) is 0. The summed E-state index contributed by atoms with van der Waals surface area (Å²) >= 11 is 2.18. The highest BCUT2D eigenvalue weighted by molar-refractivity contribution is 14.1. The minimum atomic E-state index is -1.11. The fraction of sp³-hybridized carbons (Fsp3) is 0. The van der Waals surface area contributed by atoms with E-state index in [1.54, 1.807) is 12.1 Å². The highest BCUT2D eigenvalue weighted by Gasteiger charge is 2.07. The van der Waals surface area contributed by atoms with E-state index >= 15 is 0 Å². The van der Waals surface area contributed by atoms with Crippen LogP contribution in [0.15, 0.2) is 36.5 Å². The Bertz CT molecular complexity index is 543. The summed E-state index contributed by atoms with van der Waals surface area (Å²) in [6.07, 6.45) is 1.35. The summed E-state index contributed by atoms with van der Waals surface area (Å²) in [4.78, 5) is 18.3. The van der Waals surface area contributed by atoms with Crippen LogP contribution in [-0.4, -0.2) is 21.0 Å². The average Bonchev–Trinajstić information content (AvgIpc) is 2.32. The van der Waals surface area contributed by atoms with Gasteiger partial charge in [-0.05, 0) is 52.9 Å². The Morgan fingerprint density at radius 1 is 1.24 bits per heavy atom. The van der Waals surface area contributed by atoms with E-state index in [1.807, 2.05) is 12.1 Å². The molecule has 5 nitrogen and oxygen atoms in total. The second-order valence-corrected chi connectivity index (χ2v) is 4.33. The van der Waals surface area contributed by atoms with Gasteiger partial charge < -0.3 is 9.84 Å². The number of rotatable bonds is 3. The first-order valence-corrected chi connectivity index (χ1v) is 5.73. The van der Waals surface area contributed by atoms with E-state index in [1.165, 1.54) is 12.3 Å². The molecular weight excluding hydrogens is 335 g/mol. The Labute approximate surface area is 111 Å². The third kappa shape index (κ3) is 3.13. The first kappa shape index (κ1) is 11.8. The normalized spacial score (nSPS) is 9.94. The van der Waals surface area contributed by atoms with Crippen molar-refractivity contribution in [2.24, 2.45) is 0 Å². The molecule has 0 fully saturated rings. The Morgan fingerprint density at radius 3 is 2.59 bits per heavy atom. The molecule has 0 aliphatic carbocycles. The first-order chi connectivity index (χ1) is 8.15. The van der Waals surface area contributed by atoms with Crippen LogP contribution >= 0.6 is 22.6 Å². The molecule has 0 radical (unpaired) electrons. The summed E-state index contributed by atoms with van der Waals surface area (Å²) in [5.41, 5.74) is -0.0967. The van der Waals surface area contributed by atoms with Gasteiger partial charge in [0.05, 0.1) is 0 Å². The van der Waals surface area contributed by atoms with Crippen molar-refractivity contribution in [3.05, 3.63) is 45.8 Å². The zero-order valence-corrected chi connectivity index (χ0v) is 10.7. The molecule has 0 saturated heterocycles. The second-order valence-electron chi connectivity index (χ2n) is 3.09. The second kappa shape index (κ2) is 5.09. The van der Waals surface area contributed by atoms with E-state index in [9.17, 15) is 4.79 Å². The van der Waals surface area contributed by atoms with Gasteiger partial charge in [-0.2, -0.15) is 4.98 Å². The number of ether oxygens (including phenoxy) is 1. The number of aromatic nitrogens is 2. The molecule has 0 amide bonds. The van der Waals surface area contributed by atoms with Crippen molar-refractivity contribution in [3.63, 3.8) is 0 Å². The molecule has 0 atom stereocenters. The molecule has 0 aliphatic rings. The minimum Gasteiger partial charge on any atom is -0.477 e. The number of benzene rings is 1. The lowest BCUT2D eigenvalue weighted by Gasteiger charge is -2.03. The molecule has 17 heavy (non-hydrogen) atoms. The zero-order valence-electron chi connectivity index (χ0n) is 8.50. The third-order valence-electron chi connectivity index (χ3n) is 1.88. The smallest absolute Gasteiger partial charge is 0.354 e. The Morgan fingerprint density at radius 2 is 1.94 bits per heavy atom. The van der Waals surface area contributed by atoms with Crippen LogP contribution in [0.4, 0.5) is 0 Å². The number of hydrogen-bond donors (Lipinski definition) is 1. The number of aromatic carboxylic acids is 1. The molecule has 0 saturated carbocycles. The molecular formula is C11H7IN2O3. The Hall–Kier alpha value is -1.70. The molecule has 86 valence electrons. The maximum atomic E-state index is 10.7. The molecule has 1 aromatic carbocycles. The molecule has 0 aliphatic heterocycles. The SMILES string of the molecule is O=C(O)c1ccnc(Oc2ccc(I)cc2)n1. The fourth-order valence-electron chi connectivity index (χ4n) is 1.12. The van der Waals surface area contributed by atoms with Crippen LogP contribution in [0.2, 0.25) is 0 Å². The van der Waals surface area contributed by atoms with E-state index in [0.717, 1.165) is 3.57 Å². The van der Waals surface area contributed by atoms with Gasteiger partial charge in [-0.1, -0.05) is 0 Å². The molecule has 1 N–H and O–H groups in total. The van der Waals surface area contributed by atoms with Gasteiger partial charge in [-0.25, -0.2) is 9.78 Å². The monoisotopic (exact) mass is 342 g/mol. The summed E-state index contributed by atoms with van der Waals surface area (Å²) in [7, 11) is 0. The molecule has 0 bridgehead atoms. The van der Waals surface area contributed by atoms with E-state index in [4.69, 9.17) is 9.84 Å². The van der Waals surface area contributed by atoms with Crippen LogP contribution in [0, 0.1) is 3.57 Å². The summed E-state index contributed by atoms with van der Waals surface area (Å²) in [5, 5.41) is 8.76. The minimum absolute atomic E-state index is 0.0195. The van der Waals surface area contributed by atoms with Gasteiger partial charge >= 0.3 is 12.0 Å². The van der Waals surface area contributed by atoms with Gasteiger partial charge in [0.25, 0.3) is 0 Å². The lowest BCUT2D eigenvalue weighted by molar-refractivity contribution is 0.0689. The quantitative estimate of drug-likeness (QED) is 0.868. The third-order valence-corrected chi connectivity index (χ3v) is 2.59. The first-order valence-electron chi connectivity index (χ1n) is 4.65. The number of hydrogen-bond acceptors (Lipinski definition) is 4. The maximum absolute atomic E-state index is 10.7. The Balaban J connectivity index is 2.21. The van der Waals surface area contributed by atoms with Crippen molar-refractivity contribution in [1.82, 2.24) is 9.97 Å². The van der Waals surface area contributed by atoms with Crippen molar-refractivity contribution >= 4 is 28.6 Å². The van der Waals surface area contributed by atoms with Gasteiger partial charge in [-0.15, -0.1) is 0 Å². The molecule has 0 unspecified atom stereocenters. The van der Waals surface area contributed by atoms with Crippen molar-refractivity contribution in [3.8, 4) is 11.8 Å². The molecule has 6 heteroatoms. The van der Waals surface area contributed by atoms with Crippen molar-refractivity contribution in [2.75, 3.05) is 0 Å². The molecule has 2 rings (SSSR count). The average molecular weight is 342 g/mol. The van der Waals surface area contributed by atoms with Crippen LogP contribution in [-0.2, 0) is 0 Å². The number of halogens is 1. The number of carboxylic acid groups (broad SMARTS) is 1. The van der Waals surface area contributed by atoms with Crippen LogP contribution in [0.3, 0.4) is 0 Å². The zero-order chi connectivity index (χ0) is 12.3. The predicted octanol–water partition coefficient (Wildman–Crippen LogP) is 2.57. The van der Waals surface area contributed by atoms with Gasteiger partial charge in [0, 0.05) is 9.77 Å². The summed E-state index contributed by atoms with van der Waals surface area (Å²) in [5.74, 6) is -0.548. The van der Waals surface area contributed by atoms with Crippen LogP contribution in [0.25, 0.3) is 0 Å². The van der Waals surface area contributed by atoms with Gasteiger partial charge in [0.1, 0.15) is 5.75 Å². The summed E-state index contributed by atoms with van der Waals surface area (Å²) < 4.78 is 6.41. The lowest BCUT2D eigenvalue weighted by Crippen LogP contribution is -2.02. The number of carboxylic acids is 1. The predicted molar refractivity (Wildman–Crippen MR) is 68.2 cm³/mol. The van der Waals surface area contributed by atoms with Crippen LogP contribution in [0.1, 0.15) is 10.5 Å². The molecule has 0 spiro atoms. The van der Waals surface area contributed by atoms with E-state index in [-0.39, 0.29) is 11.7 Å². The van der Waals surface area contributed by atoms with E-state index in [0.29, 0.717) is 5.75 Å². The van der Waals surface area contributed by atoms with Gasteiger partial charge in [-0.3, -0.25) is 0 Å². The fourth-order valence-corrected chi connectivity index (χ4v) is 1.48. The van der Waals surface area contributed by atoms with Gasteiger partial charge in [0.2, 0.25) is 0 Å². The van der Waals surface area contributed by atoms with Gasteiger partial charge in [0.15, 0.2) is 5.69 Å². The standard InChI is InChI=1S/C11H7IN2O3/c12-7-1-3-8(4-2-7)17-11-13-6-5-9(14-11)10(15)16/h1-6H,(H,15,16). The lowest BCUT2D eigenvalue weighted by atomic mass is 10.3. The largest absolute Gasteiger partial charge is 0.477 e. The topological polar surface area (TPSA) is 72.3 Å². The molecule has 1 heterocycles. The van der Waals surface area contributed by atoms with Crippen molar-refractivity contribution in [2.45, 2.75) is 0 Å². The van der Waals surface area contributed by atoms with E-state index < -0.39 is 5.97 Å². The van der Waals surface area contributed by atoms with Crippen molar-refractivity contribution < 1.29 is 14.6 Å². The highest BCUT2D eigenvalue weighted by atomic mass is 127. The molecule has 1 aromatic heterocycles. The summed E-state index contributed by atoms with van der Waals surface area (Å²) in [6, 6.07) is 8.60. The van der Waals surface area contributed by atoms with Crippen LogP contribution in [0.5, 0.6) is 11.8 Å². The number of nitrogens with zero attached hydrogens (tertiary/aromatic N) is 2. The van der Waals surface area contributed by atoms with E-state index in [2.05, 4.69) is 32.6 Å². The number of carbonyl (C=O) groups is 1. The Kier molecular flexibility index (Phi) is 3.52. The van der Waals surface area contributed by atoms with Crippen molar-refractivity contribution in [1.29, 1.82) is 0 Å².